The van der Waals surface area contributed by atoms with Gasteiger partial charge in [-0.3, -0.25) is 4.79 Å². The molecule has 1 unspecified atom stereocenters. The van der Waals surface area contributed by atoms with E-state index in [1.165, 1.54) is 17.2 Å². The first kappa shape index (κ1) is 16.4. The van der Waals surface area contributed by atoms with E-state index >= 15 is 0 Å². The molecule has 0 fully saturated rings. The fraction of sp³-hybridized carbons (Fsp3) is 0.357. The molecule has 0 spiro atoms. The van der Waals surface area contributed by atoms with Gasteiger partial charge >= 0.3 is 6.18 Å². The van der Waals surface area contributed by atoms with Crippen LogP contribution in [-0.2, 0) is 6.18 Å². The van der Waals surface area contributed by atoms with Gasteiger partial charge in [-0.2, -0.15) is 13.2 Å². The standard InChI is InChI=1S/C14H14F3N3OS/c1-3-20(13(21)12-8-18-19-22-12)9(2)10-5-4-6-11(7-10)14(15,16)17/h4-9H,3H2,1-2H3. The van der Waals surface area contributed by atoms with E-state index < -0.39 is 17.8 Å². The van der Waals surface area contributed by atoms with Gasteiger partial charge in [0, 0.05) is 6.54 Å². The molecule has 0 aliphatic heterocycles. The molecule has 1 heterocycles. The largest absolute Gasteiger partial charge is 0.416 e. The molecule has 2 rings (SSSR count). The van der Waals surface area contributed by atoms with Crippen molar-refractivity contribution in [2.45, 2.75) is 26.1 Å². The molecule has 118 valence electrons. The molecule has 0 aliphatic rings. The molecular formula is C14H14F3N3OS. The predicted molar refractivity (Wildman–Crippen MR) is 76.5 cm³/mol. The highest BCUT2D eigenvalue weighted by atomic mass is 32.1. The van der Waals surface area contributed by atoms with Gasteiger partial charge in [0.05, 0.1) is 17.8 Å². The Hall–Kier alpha value is -1.96. The van der Waals surface area contributed by atoms with Gasteiger partial charge in [0.25, 0.3) is 5.91 Å². The van der Waals surface area contributed by atoms with Gasteiger partial charge in [-0.1, -0.05) is 16.6 Å². The number of halogens is 3. The first-order chi connectivity index (χ1) is 10.3. The van der Waals surface area contributed by atoms with E-state index in [1.54, 1.807) is 19.9 Å². The summed E-state index contributed by atoms with van der Waals surface area (Å²) in [7, 11) is 0. The van der Waals surface area contributed by atoms with E-state index in [1.807, 2.05) is 0 Å². The van der Waals surface area contributed by atoms with E-state index in [2.05, 4.69) is 9.59 Å². The zero-order valence-electron chi connectivity index (χ0n) is 12.0. The van der Waals surface area contributed by atoms with Crippen LogP contribution in [0, 0.1) is 0 Å². The van der Waals surface area contributed by atoms with Crippen molar-refractivity contribution in [2.75, 3.05) is 6.54 Å². The highest BCUT2D eigenvalue weighted by Crippen LogP contribution is 2.32. The molecule has 1 aromatic heterocycles. The lowest BCUT2D eigenvalue weighted by atomic mass is 10.0. The molecule has 4 nitrogen and oxygen atoms in total. The van der Waals surface area contributed by atoms with Crippen LogP contribution in [-0.4, -0.2) is 26.9 Å². The average Bonchev–Trinajstić information content (AvgIpc) is 3.01. The van der Waals surface area contributed by atoms with Crippen molar-refractivity contribution in [1.29, 1.82) is 0 Å². The summed E-state index contributed by atoms with van der Waals surface area (Å²) in [6.07, 6.45) is -3.05. The molecular weight excluding hydrogens is 315 g/mol. The number of carbonyl (C=O) groups is 1. The summed E-state index contributed by atoms with van der Waals surface area (Å²) < 4.78 is 42.0. The van der Waals surface area contributed by atoms with Gasteiger partial charge < -0.3 is 4.90 Å². The van der Waals surface area contributed by atoms with Crippen LogP contribution in [0.3, 0.4) is 0 Å². The number of rotatable bonds is 4. The Morgan fingerprint density at radius 1 is 1.41 bits per heavy atom. The van der Waals surface area contributed by atoms with Crippen LogP contribution in [0.5, 0.6) is 0 Å². The van der Waals surface area contributed by atoms with Gasteiger partial charge in [0.1, 0.15) is 4.88 Å². The molecule has 0 radical (unpaired) electrons. The molecule has 0 aliphatic carbocycles. The third-order valence-corrected chi connectivity index (χ3v) is 3.99. The maximum atomic E-state index is 12.8. The van der Waals surface area contributed by atoms with Crippen molar-refractivity contribution in [1.82, 2.24) is 14.5 Å². The smallest absolute Gasteiger partial charge is 0.331 e. The third kappa shape index (κ3) is 3.44. The molecule has 0 saturated carbocycles. The minimum absolute atomic E-state index is 0.289. The summed E-state index contributed by atoms with van der Waals surface area (Å²) in [4.78, 5) is 14.2. The summed E-state index contributed by atoms with van der Waals surface area (Å²) in [5.74, 6) is -0.289. The summed E-state index contributed by atoms with van der Waals surface area (Å²) in [6.45, 7) is 3.84. The summed E-state index contributed by atoms with van der Waals surface area (Å²) >= 11 is 0.962. The number of carbonyl (C=O) groups excluding carboxylic acids is 1. The van der Waals surface area contributed by atoms with Crippen LogP contribution < -0.4 is 0 Å². The van der Waals surface area contributed by atoms with E-state index in [4.69, 9.17) is 0 Å². The second kappa shape index (κ2) is 6.43. The van der Waals surface area contributed by atoms with Gasteiger partial charge in [0.15, 0.2) is 0 Å². The van der Waals surface area contributed by atoms with Gasteiger partial charge in [-0.25, -0.2) is 0 Å². The molecule has 1 atom stereocenters. The Balaban J connectivity index is 2.29. The molecule has 22 heavy (non-hydrogen) atoms. The highest BCUT2D eigenvalue weighted by molar-refractivity contribution is 7.07. The number of amides is 1. The summed E-state index contributed by atoms with van der Waals surface area (Å²) in [5, 5.41) is 3.61. The SMILES string of the molecule is CCN(C(=O)c1cnns1)C(C)c1cccc(C(F)(F)F)c1. The van der Waals surface area contributed by atoms with Crippen LogP contribution >= 0.6 is 11.5 Å². The minimum atomic E-state index is -4.40. The topological polar surface area (TPSA) is 46.1 Å². The van der Waals surface area contributed by atoms with Crippen LogP contribution in [0.25, 0.3) is 0 Å². The van der Waals surface area contributed by atoms with Crippen molar-refractivity contribution in [3.05, 3.63) is 46.5 Å². The number of nitrogens with zero attached hydrogens (tertiary/aromatic N) is 3. The number of alkyl halides is 3. The van der Waals surface area contributed by atoms with Crippen LogP contribution in [0.4, 0.5) is 13.2 Å². The molecule has 0 bridgehead atoms. The zero-order valence-corrected chi connectivity index (χ0v) is 12.8. The van der Waals surface area contributed by atoms with Gasteiger partial charge in [-0.05, 0) is 43.1 Å². The second-order valence-corrected chi connectivity index (χ2v) is 5.46. The summed E-state index contributed by atoms with van der Waals surface area (Å²) in [6, 6.07) is 4.54. The van der Waals surface area contributed by atoms with Crippen LogP contribution in [0.2, 0.25) is 0 Å². The highest BCUT2D eigenvalue weighted by Gasteiger charge is 2.31. The maximum Gasteiger partial charge on any atom is 0.416 e. The average molecular weight is 329 g/mol. The lowest BCUT2D eigenvalue weighted by Gasteiger charge is -2.28. The summed E-state index contributed by atoms with van der Waals surface area (Å²) in [5.41, 5.74) is -0.290. The van der Waals surface area contributed by atoms with Crippen molar-refractivity contribution in [2.24, 2.45) is 0 Å². The number of hydrogen-bond acceptors (Lipinski definition) is 4. The van der Waals surface area contributed by atoms with Crippen LogP contribution in [0.15, 0.2) is 30.5 Å². The second-order valence-electron chi connectivity index (χ2n) is 4.67. The third-order valence-electron chi connectivity index (χ3n) is 3.34. The Morgan fingerprint density at radius 3 is 2.68 bits per heavy atom. The number of aromatic nitrogens is 2. The van der Waals surface area contributed by atoms with Crippen LogP contribution in [0.1, 0.15) is 40.7 Å². The van der Waals surface area contributed by atoms with Crippen molar-refractivity contribution < 1.29 is 18.0 Å². The normalized spacial score (nSPS) is 13.0. The maximum absolute atomic E-state index is 12.8. The quantitative estimate of drug-likeness (QED) is 0.857. The van der Waals surface area contributed by atoms with E-state index in [9.17, 15) is 18.0 Å². The monoisotopic (exact) mass is 329 g/mol. The van der Waals surface area contributed by atoms with Crippen molar-refractivity contribution in [3.63, 3.8) is 0 Å². The fourth-order valence-electron chi connectivity index (χ4n) is 2.15. The molecule has 1 aromatic carbocycles. The molecule has 1 amide bonds. The molecule has 0 N–H and O–H groups in total. The van der Waals surface area contributed by atoms with Crippen molar-refractivity contribution in [3.8, 4) is 0 Å². The predicted octanol–water partition coefficient (Wildman–Crippen LogP) is 3.78. The van der Waals surface area contributed by atoms with E-state index in [0.717, 1.165) is 23.7 Å². The van der Waals surface area contributed by atoms with Gasteiger partial charge in [0.2, 0.25) is 0 Å². The number of benzene rings is 1. The molecule has 2 aromatic rings. The lowest BCUT2D eigenvalue weighted by Crippen LogP contribution is -2.33. The Morgan fingerprint density at radius 2 is 2.14 bits per heavy atom. The molecule has 8 heteroatoms. The van der Waals surface area contributed by atoms with Gasteiger partial charge in [-0.15, -0.1) is 5.10 Å². The molecule has 0 saturated heterocycles. The Kier molecular flexibility index (Phi) is 4.80. The minimum Gasteiger partial charge on any atom is -0.331 e. The van der Waals surface area contributed by atoms with E-state index in [0.29, 0.717) is 17.0 Å². The first-order valence-electron chi connectivity index (χ1n) is 6.60. The Bertz CT molecular complexity index is 643. The zero-order chi connectivity index (χ0) is 16.3. The number of hydrogen-bond donors (Lipinski definition) is 0. The first-order valence-corrected chi connectivity index (χ1v) is 7.37. The van der Waals surface area contributed by atoms with E-state index in [-0.39, 0.29) is 5.91 Å². The Labute approximate surface area is 129 Å². The van der Waals surface area contributed by atoms with Crippen molar-refractivity contribution >= 4 is 17.4 Å². The lowest BCUT2D eigenvalue weighted by molar-refractivity contribution is -0.137. The fourth-order valence-corrected chi connectivity index (χ4v) is 2.62.